The van der Waals surface area contributed by atoms with Crippen LogP contribution in [0.5, 0.6) is 0 Å². The average Bonchev–Trinajstić information content (AvgIpc) is 2.80. The van der Waals surface area contributed by atoms with E-state index in [1.54, 1.807) is 6.07 Å². The van der Waals surface area contributed by atoms with E-state index in [4.69, 9.17) is 0 Å². The number of nitrogens with one attached hydrogen (secondary N) is 1. The van der Waals surface area contributed by atoms with Crippen molar-refractivity contribution in [1.82, 2.24) is 9.97 Å². The van der Waals surface area contributed by atoms with Crippen molar-refractivity contribution in [2.24, 2.45) is 0 Å². The number of benzene rings is 2. The van der Waals surface area contributed by atoms with Gasteiger partial charge in [0.25, 0.3) is 0 Å². The lowest BCUT2D eigenvalue weighted by Gasteiger charge is -2.03. The van der Waals surface area contributed by atoms with Crippen LogP contribution >= 0.6 is 0 Å². The Kier molecular flexibility index (Phi) is 2.55. The lowest BCUT2D eigenvalue weighted by molar-refractivity contribution is 0.582. The summed E-state index contributed by atoms with van der Waals surface area (Å²) in [5.74, 6) is -1.98. The Morgan fingerprint density at radius 3 is 2.53 bits per heavy atom. The van der Waals surface area contributed by atoms with Crippen molar-refractivity contribution in [2.75, 3.05) is 0 Å². The number of hydrogen-bond acceptors (Lipinski definition) is 1. The number of aromatic amines is 1. The SMILES string of the molecule is Cc1ccc(F)c(-c2nc3c(F)cccc3[nH]2)c1F. The summed E-state index contributed by atoms with van der Waals surface area (Å²) in [5, 5.41) is 0. The summed E-state index contributed by atoms with van der Waals surface area (Å²) in [7, 11) is 0. The molecule has 1 N–H and O–H groups in total. The number of rotatable bonds is 1. The second kappa shape index (κ2) is 4.12. The van der Waals surface area contributed by atoms with Crippen molar-refractivity contribution in [1.29, 1.82) is 0 Å². The van der Waals surface area contributed by atoms with Gasteiger partial charge < -0.3 is 4.98 Å². The number of nitrogens with zero attached hydrogens (tertiary/aromatic N) is 1. The highest BCUT2D eigenvalue weighted by molar-refractivity contribution is 5.80. The summed E-state index contributed by atoms with van der Waals surface area (Å²) < 4.78 is 41.3. The fraction of sp³-hybridized carbons (Fsp3) is 0.0714. The summed E-state index contributed by atoms with van der Waals surface area (Å²) in [4.78, 5) is 6.67. The predicted molar refractivity (Wildman–Crippen MR) is 66.1 cm³/mol. The molecule has 0 atom stereocenters. The van der Waals surface area contributed by atoms with E-state index in [-0.39, 0.29) is 16.9 Å². The van der Waals surface area contributed by atoms with Crippen LogP contribution in [0.25, 0.3) is 22.4 Å². The number of fused-ring (bicyclic) bond motifs is 1. The monoisotopic (exact) mass is 262 g/mol. The number of aryl methyl sites for hydroxylation is 1. The summed E-state index contributed by atoms with van der Waals surface area (Å²) in [5.41, 5.74) is 0.501. The first-order valence-electron chi connectivity index (χ1n) is 5.67. The molecule has 0 saturated heterocycles. The van der Waals surface area contributed by atoms with Crippen LogP contribution in [0.15, 0.2) is 30.3 Å². The quantitative estimate of drug-likeness (QED) is 0.706. The minimum Gasteiger partial charge on any atom is -0.338 e. The van der Waals surface area contributed by atoms with Gasteiger partial charge in [0.05, 0.1) is 11.1 Å². The Morgan fingerprint density at radius 1 is 1.00 bits per heavy atom. The molecule has 2 aromatic carbocycles. The zero-order chi connectivity index (χ0) is 13.6. The van der Waals surface area contributed by atoms with Gasteiger partial charge in [-0.15, -0.1) is 0 Å². The standard InChI is InChI=1S/C14H9F3N2/c1-7-5-6-8(15)11(12(7)17)14-18-10-4-2-3-9(16)13(10)19-14/h2-6H,1H3,(H,18,19). The van der Waals surface area contributed by atoms with E-state index in [0.717, 1.165) is 6.07 Å². The molecule has 0 aliphatic heterocycles. The van der Waals surface area contributed by atoms with Gasteiger partial charge in [0.1, 0.15) is 23.0 Å². The molecule has 2 nitrogen and oxygen atoms in total. The predicted octanol–water partition coefficient (Wildman–Crippen LogP) is 3.96. The van der Waals surface area contributed by atoms with E-state index in [1.165, 1.54) is 25.1 Å². The van der Waals surface area contributed by atoms with Gasteiger partial charge in [0.15, 0.2) is 5.82 Å². The number of aromatic nitrogens is 2. The molecular formula is C14H9F3N2. The van der Waals surface area contributed by atoms with Crippen molar-refractivity contribution in [3.8, 4) is 11.4 Å². The molecule has 0 radical (unpaired) electrons. The molecule has 96 valence electrons. The third kappa shape index (κ3) is 1.78. The normalized spacial score (nSPS) is 11.2. The Labute approximate surface area is 106 Å². The van der Waals surface area contributed by atoms with Crippen LogP contribution in [0.2, 0.25) is 0 Å². The van der Waals surface area contributed by atoms with Gasteiger partial charge in [-0.2, -0.15) is 0 Å². The Balaban J connectivity index is 2.31. The van der Waals surface area contributed by atoms with Crippen LogP contribution in [0.3, 0.4) is 0 Å². The largest absolute Gasteiger partial charge is 0.338 e. The summed E-state index contributed by atoms with van der Waals surface area (Å²) >= 11 is 0. The molecule has 0 unspecified atom stereocenters. The number of H-pyrrole nitrogens is 1. The third-order valence-electron chi connectivity index (χ3n) is 2.98. The highest BCUT2D eigenvalue weighted by Crippen LogP contribution is 2.28. The first kappa shape index (κ1) is 11.8. The lowest BCUT2D eigenvalue weighted by atomic mass is 10.1. The molecule has 3 aromatic rings. The topological polar surface area (TPSA) is 28.7 Å². The molecule has 0 bridgehead atoms. The van der Waals surface area contributed by atoms with E-state index in [2.05, 4.69) is 9.97 Å². The van der Waals surface area contributed by atoms with Gasteiger partial charge in [-0.1, -0.05) is 12.1 Å². The van der Waals surface area contributed by atoms with E-state index >= 15 is 0 Å². The Bertz CT molecular complexity index is 778. The van der Waals surface area contributed by atoms with Gasteiger partial charge in [-0.3, -0.25) is 0 Å². The van der Waals surface area contributed by atoms with E-state index < -0.39 is 17.5 Å². The molecular weight excluding hydrogens is 253 g/mol. The number of hydrogen-bond donors (Lipinski definition) is 1. The zero-order valence-electron chi connectivity index (χ0n) is 9.97. The van der Waals surface area contributed by atoms with Crippen LogP contribution in [0.1, 0.15) is 5.56 Å². The first-order valence-corrected chi connectivity index (χ1v) is 5.67. The molecule has 5 heteroatoms. The maximum atomic E-state index is 14.0. The number of halogens is 3. The van der Waals surface area contributed by atoms with Crippen LogP contribution in [-0.2, 0) is 0 Å². The zero-order valence-corrected chi connectivity index (χ0v) is 9.97. The molecule has 0 spiro atoms. The van der Waals surface area contributed by atoms with Crippen LogP contribution < -0.4 is 0 Å². The van der Waals surface area contributed by atoms with Gasteiger partial charge in [-0.05, 0) is 30.7 Å². The van der Waals surface area contributed by atoms with E-state index in [0.29, 0.717) is 11.1 Å². The van der Waals surface area contributed by atoms with Crippen molar-refractivity contribution in [3.63, 3.8) is 0 Å². The van der Waals surface area contributed by atoms with Gasteiger partial charge >= 0.3 is 0 Å². The van der Waals surface area contributed by atoms with Gasteiger partial charge in [0, 0.05) is 0 Å². The molecule has 0 aliphatic carbocycles. The van der Waals surface area contributed by atoms with Gasteiger partial charge in [-0.25, -0.2) is 18.2 Å². The fourth-order valence-electron chi connectivity index (χ4n) is 1.99. The fourth-order valence-corrected chi connectivity index (χ4v) is 1.99. The smallest absolute Gasteiger partial charge is 0.151 e. The maximum absolute atomic E-state index is 14.0. The first-order chi connectivity index (χ1) is 9.08. The highest BCUT2D eigenvalue weighted by Gasteiger charge is 2.17. The molecule has 0 aliphatic rings. The second-order valence-electron chi connectivity index (χ2n) is 4.27. The van der Waals surface area contributed by atoms with Crippen LogP contribution in [-0.4, -0.2) is 9.97 Å². The summed E-state index contributed by atoms with van der Waals surface area (Å²) in [6.45, 7) is 1.53. The maximum Gasteiger partial charge on any atom is 0.151 e. The van der Waals surface area contributed by atoms with Crippen molar-refractivity contribution in [2.45, 2.75) is 6.92 Å². The Morgan fingerprint density at radius 2 is 1.79 bits per heavy atom. The molecule has 1 heterocycles. The molecule has 19 heavy (non-hydrogen) atoms. The molecule has 3 rings (SSSR count). The number of imidazole rings is 1. The minimum absolute atomic E-state index is 0.0150. The van der Waals surface area contributed by atoms with E-state index in [9.17, 15) is 13.2 Å². The van der Waals surface area contributed by atoms with Crippen LogP contribution in [0, 0.1) is 24.4 Å². The molecule has 1 aromatic heterocycles. The van der Waals surface area contributed by atoms with Gasteiger partial charge in [0.2, 0.25) is 0 Å². The average molecular weight is 262 g/mol. The van der Waals surface area contributed by atoms with Crippen molar-refractivity contribution < 1.29 is 13.2 Å². The van der Waals surface area contributed by atoms with Crippen molar-refractivity contribution in [3.05, 3.63) is 53.3 Å². The summed E-state index contributed by atoms with van der Waals surface area (Å²) in [6.07, 6.45) is 0. The van der Waals surface area contributed by atoms with Crippen molar-refractivity contribution >= 4 is 11.0 Å². The highest BCUT2D eigenvalue weighted by atomic mass is 19.1. The lowest BCUT2D eigenvalue weighted by Crippen LogP contribution is -1.94. The molecule has 0 saturated carbocycles. The van der Waals surface area contributed by atoms with E-state index in [1.807, 2.05) is 0 Å². The van der Waals surface area contributed by atoms with Crippen LogP contribution in [0.4, 0.5) is 13.2 Å². The minimum atomic E-state index is -0.734. The third-order valence-corrected chi connectivity index (χ3v) is 2.98. The molecule has 0 fully saturated rings. The second-order valence-corrected chi connectivity index (χ2v) is 4.27. The summed E-state index contributed by atoms with van der Waals surface area (Å²) in [6, 6.07) is 6.85. The molecule has 0 amide bonds. The Hall–Kier alpha value is -2.30. The number of para-hydroxylation sites is 1.